The fraction of sp³-hybridized carbons (Fsp3) is 0.290. The molecule has 0 fully saturated rings. The molecule has 0 N–H and O–H groups in total. The number of benzene rings is 3. The Morgan fingerprint density at radius 2 is 1.78 bits per heavy atom. The molecule has 4 nitrogen and oxygen atoms in total. The third-order valence-electron chi connectivity index (χ3n) is 7.37. The molecule has 5 heteroatoms. The second kappa shape index (κ2) is 10.3. The predicted molar refractivity (Wildman–Crippen MR) is 147 cm³/mol. The van der Waals surface area contributed by atoms with E-state index in [1.807, 2.05) is 54.3 Å². The van der Waals surface area contributed by atoms with Gasteiger partial charge in [-0.15, -0.1) is 11.3 Å². The van der Waals surface area contributed by atoms with Gasteiger partial charge in [-0.1, -0.05) is 67.1 Å². The Kier molecular flexibility index (Phi) is 6.92. The molecule has 1 aromatic heterocycles. The first-order valence-electron chi connectivity index (χ1n) is 12.7. The first-order valence-corrected chi connectivity index (χ1v) is 13.6. The Morgan fingerprint density at radius 1 is 1.03 bits per heavy atom. The van der Waals surface area contributed by atoms with Gasteiger partial charge in [0.1, 0.15) is 6.54 Å². The summed E-state index contributed by atoms with van der Waals surface area (Å²) in [6.07, 6.45) is 1.63. The van der Waals surface area contributed by atoms with Gasteiger partial charge in [-0.2, -0.15) is 0 Å². The lowest BCUT2D eigenvalue weighted by Gasteiger charge is -2.38. The van der Waals surface area contributed by atoms with Crippen molar-refractivity contribution in [2.75, 3.05) is 13.1 Å². The minimum Gasteiger partial charge on any atom is -0.330 e. The molecule has 0 saturated heterocycles. The summed E-state index contributed by atoms with van der Waals surface area (Å²) in [6, 6.07) is 24.3. The van der Waals surface area contributed by atoms with E-state index in [9.17, 15) is 9.59 Å². The molecule has 0 aliphatic carbocycles. The van der Waals surface area contributed by atoms with Gasteiger partial charge in [0.2, 0.25) is 5.91 Å². The largest absolute Gasteiger partial charge is 0.330 e. The van der Waals surface area contributed by atoms with Crippen LogP contribution in [0, 0.1) is 6.92 Å². The van der Waals surface area contributed by atoms with Gasteiger partial charge in [-0.05, 0) is 72.2 Å². The van der Waals surface area contributed by atoms with E-state index in [2.05, 4.69) is 49.6 Å². The lowest BCUT2D eigenvalue weighted by molar-refractivity contribution is -0.134. The van der Waals surface area contributed by atoms with Crippen LogP contribution < -0.4 is 0 Å². The quantitative estimate of drug-likeness (QED) is 0.301. The molecular formula is C31H32N2O2S. The van der Waals surface area contributed by atoms with E-state index in [0.29, 0.717) is 12.1 Å². The van der Waals surface area contributed by atoms with Crippen LogP contribution in [0.2, 0.25) is 0 Å². The van der Waals surface area contributed by atoms with E-state index in [1.54, 1.807) is 16.2 Å². The zero-order chi connectivity index (χ0) is 25.2. The lowest BCUT2D eigenvalue weighted by atomic mass is 9.92. The van der Waals surface area contributed by atoms with Crippen LogP contribution in [-0.2, 0) is 11.2 Å². The number of hydrogen-bond acceptors (Lipinski definition) is 3. The standard InChI is InChI=1S/C31H32N2O2S/c1-4-22(3)33(31(35)26-14-13-23-7-5-6-8-25(23)19-26)20-29(34)32-17-15-28-27(16-18-36-28)30(32)24-11-9-21(2)10-12-24/h5-14,16,18-19,22,30H,4,15,17,20H2,1-3H3. The number of rotatable bonds is 6. The Hall–Kier alpha value is -3.44. The summed E-state index contributed by atoms with van der Waals surface area (Å²) in [5.41, 5.74) is 4.14. The average molecular weight is 497 g/mol. The van der Waals surface area contributed by atoms with Crippen molar-refractivity contribution in [3.8, 4) is 0 Å². The van der Waals surface area contributed by atoms with Crippen LogP contribution in [0.25, 0.3) is 10.8 Å². The minimum atomic E-state index is -0.123. The number of hydrogen-bond donors (Lipinski definition) is 0. The van der Waals surface area contributed by atoms with Crippen molar-refractivity contribution in [1.29, 1.82) is 0 Å². The summed E-state index contributed by atoms with van der Waals surface area (Å²) < 4.78 is 0. The summed E-state index contributed by atoms with van der Waals surface area (Å²) in [5.74, 6) is -0.101. The maximum absolute atomic E-state index is 13.9. The molecule has 184 valence electrons. The van der Waals surface area contributed by atoms with E-state index in [-0.39, 0.29) is 30.4 Å². The smallest absolute Gasteiger partial charge is 0.254 e. The highest BCUT2D eigenvalue weighted by Gasteiger charge is 2.34. The van der Waals surface area contributed by atoms with Gasteiger partial charge in [0.05, 0.1) is 6.04 Å². The summed E-state index contributed by atoms with van der Waals surface area (Å²) in [7, 11) is 0. The Morgan fingerprint density at radius 3 is 2.53 bits per heavy atom. The van der Waals surface area contributed by atoms with Crippen LogP contribution in [0.5, 0.6) is 0 Å². The van der Waals surface area contributed by atoms with Crippen LogP contribution in [0.4, 0.5) is 0 Å². The minimum absolute atomic E-state index is 0.00753. The maximum Gasteiger partial charge on any atom is 0.254 e. The zero-order valence-electron chi connectivity index (χ0n) is 21.1. The van der Waals surface area contributed by atoms with Gasteiger partial charge < -0.3 is 9.80 Å². The topological polar surface area (TPSA) is 40.6 Å². The summed E-state index contributed by atoms with van der Waals surface area (Å²) in [6.45, 7) is 6.89. The molecular weight excluding hydrogens is 464 g/mol. The molecule has 3 aromatic carbocycles. The third kappa shape index (κ3) is 4.68. The average Bonchev–Trinajstić information content (AvgIpc) is 3.39. The summed E-state index contributed by atoms with van der Waals surface area (Å²) >= 11 is 1.76. The van der Waals surface area contributed by atoms with Crippen molar-refractivity contribution in [2.24, 2.45) is 0 Å². The fourth-order valence-corrected chi connectivity index (χ4v) is 5.97. The van der Waals surface area contributed by atoms with Crippen molar-refractivity contribution >= 4 is 33.9 Å². The molecule has 4 aromatic rings. The number of amides is 2. The van der Waals surface area contributed by atoms with E-state index in [0.717, 1.165) is 29.2 Å². The first-order chi connectivity index (χ1) is 17.5. The molecule has 5 rings (SSSR count). The van der Waals surface area contributed by atoms with E-state index < -0.39 is 0 Å². The van der Waals surface area contributed by atoms with E-state index in [1.165, 1.54) is 16.0 Å². The number of thiophene rings is 1. The van der Waals surface area contributed by atoms with Gasteiger partial charge in [-0.3, -0.25) is 9.59 Å². The number of carbonyl (C=O) groups is 2. The van der Waals surface area contributed by atoms with Crippen LogP contribution in [0.3, 0.4) is 0 Å². The highest BCUT2D eigenvalue weighted by molar-refractivity contribution is 7.10. The van der Waals surface area contributed by atoms with E-state index in [4.69, 9.17) is 0 Å². The molecule has 0 bridgehead atoms. The normalized spacial score (nSPS) is 16.0. The van der Waals surface area contributed by atoms with Crippen LogP contribution in [0.15, 0.2) is 78.2 Å². The van der Waals surface area contributed by atoms with Gasteiger partial charge >= 0.3 is 0 Å². The van der Waals surface area contributed by atoms with Gasteiger partial charge in [-0.25, -0.2) is 0 Å². The summed E-state index contributed by atoms with van der Waals surface area (Å²) in [5, 5.41) is 4.24. The number of nitrogens with zero attached hydrogens (tertiary/aromatic N) is 2. The van der Waals surface area contributed by atoms with Gasteiger partial charge in [0.25, 0.3) is 5.91 Å². The third-order valence-corrected chi connectivity index (χ3v) is 8.36. The number of fused-ring (bicyclic) bond motifs is 2. The number of carbonyl (C=O) groups excluding carboxylic acids is 2. The molecule has 2 atom stereocenters. The van der Waals surface area contributed by atoms with Crippen LogP contribution >= 0.6 is 11.3 Å². The van der Waals surface area contributed by atoms with Crippen molar-refractivity contribution in [1.82, 2.24) is 9.80 Å². The zero-order valence-corrected chi connectivity index (χ0v) is 21.9. The highest BCUT2D eigenvalue weighted by atomic mass is 32.1. The van der Waals surface area contributed by atoms with Crippen LogP contribution in [-0.4, -0.2) is 40.7 Å². The summed E-state index contributed by atoms with van der Waals surface area (Å²) in [4.78, 5) is 32.7. The van der Waals surface area contributed by atoms with Gasteiger partial charge in [0, 0.05) is 23.0 Å². The molecule has 0 saturated carbocycles. The molecule has 0 spiro atoms. The monoisotopic (exact) mass is 496 g/mol. The van der Waals surface area contributed by atoms with E-state index >= 15 is 0 Å². The van der Waals surface area contributed by atoms with Crippen molar-refractivity contribution in [3.63, 3.8) is 0 Å². The predicted octanol–water partition coefficient (Wildman–Crippen LogP) is 6.62. The molecule has 1 aliphatic rings. The second-order valence-electron chi connectivity index (χ2n) is 9.70. The Bertz CT molecular complexity index is 1390. The fourth-order valence-electron chi connectivity index (χ4n) is 5.07. The molecule has 0 radical (unpaired) electrons. The molecule has 2 unspecified atom stereocenters. The number of aryl methyl sites for hydroxylation is 1. The second-order valence-corrected chi connectivity index (χ2v) is 10.7. The molecule has 36 heavy (non-hydrogen) atoms. The molecule has 2 heterocycles. The first kappa shape index (κ1) is 24.3. The lowest BCUT2D eigenvalue weighted by Crippen LogP contribution is -2.49. The van der Waals surface area contributed by atoms with Crippen LogP contribution in [0.1, 0.15) is 58.2 Å². The van der Waals surface area contributed by atoms with Gasteiger partial charge in [0.15, 0.2) is 0 Å². The van der Waals surface area contributed by atoms with Crippen molar-refractivity contribution < 1.29 is 9.59 Å². The SMILES string of the molecule is CCC(C)N(CC(=O)N1CCc2sccc2C1c1ccc(C)cc1)C(=O)c1ccc2ccccc2c1. The molecule has 2 amide bonds. The maximum atomic E-state index is 13.9. The Labute approximate surface area is 217 Å². The van der Waals surface area contributed by atoms with Crippen molar-refractivity contribution in [2.45, 2.75) is 45.7 Å². The Balaban J connectivity index is 1.45. The van der Waals surface area contributed by atoms with Crippen molar-refractivity contribution in [3.05, 3.63) is 105 Å². The molecule has 1 aliphatic heterocycles. The highest BCUT2D eigenvalue weighted by Crippen LogP contribution is 2.38.